The second-order valence-electron chi connectivity index (χ2n) is 7.40. The Balaban J connectivity index is 1.87. The molecule has 1 aromatic heterocycles. The van der Waals surface area contributed by atoms with Gasteiger partial charge in [0.05, 0.1) is 19.3 Å². The number of nitrogens with zero attached hydrogens (tertiary/aromatic N) is 1. The molecule has 0 unspecified atom stereocenters. The minimum absolute atomic E-state index is 0.191. The summed E-state index contributed by atoms with van der Waals surface area (Å²) in [5.41, 5.74) is 3.27. The van der Waals surface area contributed by atoms with Gasteiger partial charge < -0.3 is 15.2 Å². The first-order chi connectivity index (χ1) is 13.9. The Kier molecular flexibility index (Phi) is 7.05. The highest BCUT2D eigenvalue weighted by molar-refractivity contribution is 7.17. The fraction of sp³-hybridized carbons (Fsp3) is 0.455. The highest BCUT2D eigenvalue weighted by Crippen LogP contribution is 2.40. The lowest BCUT2D eigenvalue weighted by Gasteiger charge is -2.29. The maximum Gasteiger partial charge on any atom is 0.341 e. The lowest BCUT2D eigenvalue weighted by molar-refractivity contribution is -0.117. The normalized spacial score (nSPS) is 17.2. The van der Waals surface area contributed by atoms with Crippen LogP contribution in [-0.4, -0.2) is 54.2 Å². The summed E-state index contributed by atoms with van der Waals surface area (Å²) >= 11 is 1.38. The van der Waals surface area contributed by atoms with Crippen molar-refractivity contribution in [1.29, 1.82) is 0 Å². The fourth-order valence-electron chi connectivity index (χ4n) is 3.64. The Morgan fingerprint density at radius 1 is 1.28 bits per heavy atom. The van der Waals surface area contributed by atoms with Crippen molar-refractivity contribution in [3.05, 3.63) is 40.3 Å². The summed E-state index contributed by atoms with van der Waals surface area (Å²) in [6.07, 6.45) is 1.26. The lowest BCUT2D eigenvalue weighted by atomic mass is 10.0. The van der Waals surface area contributed by atoms with Gasteiger partial charge in [-0.15, -0.1) is 11.3 Å². The van der Waals surface area contributed by atoms with E-state index in [1.165, 1.54) is 11.3 Å². The number of thiophene rings is 1. The molecule has 1 aromatic carbocycles. The molecule has 0 aliphatic carbocycles. The first-order valence-corrected chi connectivity index (χ1v) is 10.8. The number of likely N-dealkylation sites (tertiary alicyclic amines) is 1. The number of amides is 1. The van der Waals surface area contributed by atoms with Gasteiger partial charge in [-0.25, -0.2) is 4.79 Å². The predicted molar refractivity (Wildman–Crippen MR) is 115 cm³/mol. The average Bonchev–Trinajstić information content (AvgIpc) is 2.98. The van der Waals surface area contributed by atoms with Crippen molar-refractivity contribution >= 4 is 28.2 Å². The molecule has 7 heteroatoms. The van der Waals surface area contributed by atoms with Crippen molar-refractivity contribution in [3.63, 3.8) is 0 Å². The monoisotopic (exact) mass is 416 g/mol. The molecular formula is C22H28N2O4S. The molecule has 2 heterocycles. The van der Waals surface area contributed by atoms with Crippen molar-refractivity contribution in [2.45, 2.75) is 39.7 Å². The van der Waals surface area contributed by atoms with Crippen LogP contribution in [0.5, 0.6) is 0 Å². The molecule has 0 bridgehead atoms. The number of β-amino-alcohol motifs (C(OH)–C–C–N with tert-alkyl or cyclic N) is 1. The van der Waals surface area contributed by atoms with Gasteiger partial charge in [0.25, 0.3) is 0 Å². The third-order valence-corrected chi connectivity index (χ3v) is 6.03. The van der Waals surface area contributed by atoms with E-state index in [1.807, 2.05) is 43.0 Å². The summed E-state index contributed by atoms with van der Waals surface area (Å²) in [5.74, 6) is -0.627. The largest absolute Gasteiger partial charge is 0.462 e. The molecule has 6 nitrogen and oxygen atoms in total. The second kappa shape index (κ2) is 9.52. The zero-order chi connectivity index (χ0) is 21.0. The highest BCUT2D eigenvalue weighted by atomic mass is 32.1. The third-order valence-electron chi connectivity index (χ3n) is 5.00. The molecule has 3 rings (SSSR count). The summed E-state index contributed by atoms with van der Waals surface area (Å²) < 4.78 is 5.29. The van der Waals surface area contributed by atoms with Crippen LogP contribution in [0.3, 0.4) is 0 Å². The number of aliphatic hydroxyl groups excluding tert-OH is 1. The molecule has 1 saturated heterocycles. The molecule has 2 aromatic rings. The van der Waals surface area contributed by atoms with E-state index in [-0.39, 0.29) is 25.2 Å². The van der Waals surface area contributed by atoms with Gasteiger partial charge in [-0.05, 0) is 45.7 Å². The van der Waals surface area contributed by atoms with Gasteiger partial charge in [-0.3, -0.25) is 9.69 Å². The van der Waals surface area contributed by atoms with Crippen molar-refractivity contribution in [2.75, 3.05) is 31.6 Å². The van der Waals surface area contributed by atoms with Gasteiger partial charge in [0.1, 0.15) is 10.6 Å². The Hall–Kier alpha value is -2.22. The van der Waals surface area contributed by atoms with Crippen LogP contribution in [0, 0.1) is 13.8 Å². The minimum atomic E-state index is -0.434. The van der Waals surface area contributed by atoms with Gasteiger partial charge in [-0.1, -0.05) is 29.8 Å². The van der Waals surface area contributed by atoms with Crippen LogP contribution >= 0.6 is 11.3 Å². The zero-order valence-corrected chi connectivity index (χ0v) is 18.0. The van der Waals surface area contributed by atoms with Crippen LogP contribution in [0.4, 0.5) is 5.00 Å². The van der Waals surface area contributed by atoms with E-state index < -0.39 is 5.97 Å². The summed E-state index contributed by atoms with van der Waals surface area (Å²) in [7, 11) is 0. The number of aliphatic hydroxyl groups is 1. The van der Waals surface area contributed by atoms with Crippen LogP contribution in [0.15, 0.2) is 24.3 Å². The third kappa shape index (κ3) is 5.23. The zero-order valence-electron chi connectivity index (χ0n) is 17.2. The van der Waals surface area contributed by atoms with Gasteiger partial charge in [-0.2, -0.15) is 0 Å². The number of aryl methyl sites for hydroxylation is 2. The SMILES string of the molecule is CCOC(=O)c1c(NC(=O)CN2CCC[C@@H](O)C2)sc(C)c1-c1ccc(C)cc1. The molecule has 1 aliphatic heterocycles. The number of hydrogen-bond acceptors (Lipinski definition) is 6. The van der Waals surface area contributed by atoms with Crippen molar-refractivity contribution in [1.82, 2.24) is 4.90 Å². The average molecular weight is 417 g/mol. The number of carbonyl (C=O) groups is 2. The van der Waals surface area contributed by atoms with Gasteiger partial charge in [0.15, 0.2) is 0 Å². The molecule has 156 valence electrons. The smallest absolute Gasteiger partial charge is 0.341 e. The number of carbonyl (C=O) groups excluding carboxylic acids is 2. The van der Waals surface area contributed by atoms with Gasteiger partial charge >= 0.3 is 5.97 Å². The fourth-order valence-corrected chi connectivity index (χ4v) is 4.72. The summed E-state index contributed by atoms with van der Waals surface area (Å²) in [6.45, 7) is 7.46. The quantitative estimate of drug-likeness (QED) is 0.704. The standard InChI is InChI=1S/C22H28N2O4S/c1-4-28-22(27)20-19(16-9-7-14(2)8-10-16)15(3)29-21(20)23-18(26)13-24-11-5-6-17(25)12-24/h7-10,17,25H,4-6,11-13H2,1-3H3,(H,23,26)/t17-/m1/s1. The van der Waals surface area contributed by atoms with E-state index in [2.05, 4.69) is 5.32 Å². The Morgan fingerprint density at radius 3 is 2.66 bits per heavy atom. The number of benzene rings is 1. The van der Waals surface area contributed by atoms with Crippen molar-refractivity contribution in [2.24, 2.45) is 0 Å². The molecule has 1 atom stereocenters. The number of nitrogens with one attached hydrogen (secondary N) is 1. The maximum absolute atomic E-state index is 12.7. The summed E-state index contributed by atoms with van der Waals surface area (Å²) in [6, 6.07) is 7.96. The minimum Gasteiger partial charge on any atom is -0.462 e. The van der Waals surface area contributed by atoms with Crippen molar-refractivity contribution in [3.8, 4) is 11.1 Å². The number of anilines is 1. The molecule has 1 fully saturated rings. The van der Waals surface area contributed by atoms with Crippen LogP contribution in [-0.2, 0) is 9.53 Å². The maximum atomic E-state index is 12.7. The molecule has 1 amide bonds. The van der Waals surface area contributed by atoms with Crippen LogP contribution in [0.2, 0.25) is 0 Å². The first-order valence-electron chi connectivity index (χ1n) is 9.96. The topological polar surface area (TPSA) is 78.9 Å². The number of ether oxygens (including phenoxy) is 1. The highest BCUT2D eigenvalue weighted by Gasteiger charge is 2.26. The van der Waals surface area contributed by atoms with E-state index in [4.69, 9.17) is 4.74 Å². The summed E-state index contributed by atoms with van der Waals surface area (Å²) in [5, 5.41) is 13.2. The molecule has 29 heavy (non-hydrogen) atoms. The van der Waals surface area contributed by atoms with Crippen LogP contribution in [0.25, 0.3) is 11.1 Å². The van der Waals surface area contributed by atoms with Crippen LogP contribution < -0.4 is 5.32 Å². The summed E-state index contributed by atoms with van der Waals surface area (Å²) in [4.78, 5) is 28.3. The molecular weight excluding hydrogens is 388 g/mol. The molecule has 0 spiro atoms. The van der Waals surface area contributed by atoms with Crippen molar-refractivity contribution < 1.29 is 19.4 Å². The molecule has 2 N–H and O–H groups in total. The lowest BCUT2D eigenvalue weighted by Crippen LogP contribution is -2.42. The number of rotatable bonds is 6. The van der Waals surface area contributed by atoms with Gasteiger partial charge in [0.2, 0.25) is 5.91 Å². The first kappa shape index (κ1) is 21.5. The molecule has 1 aliphatic rings. The predicted octanol–water partition coefficient (Wildman–Crippen LogP) is 3.60. The van der Waals surface area contributed by atoms with E-state index in [9.17, 15) is 14.7 Å². The Bertz CT molecular complexity index is 876. The number of piperidine rings is 1. The van der Waals surface area contributed by atoms with Crippen LogP contribution in [0.1, 0.15) is 40.6 Å². The molecule has 0 radical (unpaired) electrons. The number of esters is 1. The van der Waals surface area contributed by atoms with E-state index >= 15 is 0 Å². The van der Waals surface area contributed by atoms with E-state index in [0.717, 1.165) is 41.0 Å². The molecule has 0 saturated carbocycles. The van der Waals surface area contributed by atoms with E-state index in [0.29, 0.717) is 17.1 Å². The number of hydrogen-bond donors (Lipinski definition) is 2. The Morgan fingerprint density at radius 2 is 2.00 bits per heavy atom. The second-order valence-corrected chi connectivity index (χ2v) is 8.63. The van der Waals surface area contributed by atoms with E-state index in [1.54, 1.807) is 6.92 Å². The Labute approximate surface area is 175 Å². The van der Waals surface area contributed by atoms with Gasteiger partial charge in [0, 0.05) is 17.0 Å².